The molecule has 0 fully saturated rings. The van der Waals surface area contributed by atoms with Crippen LogP contribution >= 0.6 is 11.6 Å². The van der Waals surface area contributed by atoms with Crippen LogP contribution in [0.3, 0.4) is 0 Å². The minimum Gasteiger partial charge on any atom is -0.395 e. The largest absolute Gasteiger partial charge is 0.395 e. The van der Waals surface area contributed by atoms with Gasteiger partial charge in [0.15, 0.2) is 0 Å². The van der Waals surface area contributed by atoms with E-state index in [1.807, 2.05) is 11.9 Å². The Morgan fingerprint density at radius 3 is 2.89 bits per heavy atom. The lowest BCUT2D eigenvalue weighted by Crippen LogP contribution is -2.40. The van der Waals surface area contributed by atoms with Crippen LogP contribution in [0.15, 0.2) is 18.2 Å². The first kappa shape index (κ1) is 20.1. The molecule has 0 radical (unpaired) electrons. The van der Waals surface area contributed by atoms with Gasteiger partial charge in [0, 0.05) is 30.7 Å². The molecule has 0 saturated heterocycles. The van der Waals surface area contributed by atoms with Crippen LogP contribution in [0.5, 0.6) is 0 Å². The molecule has 1 aliphatic rings. The monoisotopic (exact) mass is 409 g/mol. The van der Waals surface area contributed by atoms with E-state index in [1.165, 1.54) is 22.9 Å². The SMILES string of the molecule is CN1CCCc2c1c(-c1cc(Cl)ccc1F)nn2C(=O)NCC(=O)NCCO. The highest BCUT2D eigenvalue weighted by molar-refractivity contribution is 6.30. The number of aliphatic hydroxyl groups excluding tert-OH is 1. The predicted octanol–water partition coefficient (Wildman–Crippen LogP) is 1.39. The lowest BCUT2D eigenvalue weighted by molar-refractivity contribution is -0.120. The van der Waals surface area contributed by atoms with E-state index >= 15 is 0 Å². The van der Waals surface area contributed by atoms with E-state index in [0.29, 0.717) is 28.5 Å². The lowest BCUT2D eigenvalue weighted by atomic mass is 10.0. The second kappa shape index (κ2) is 8.57. The van der Waals surface area contributed by atoms with Gasteiger partial charge in [-0.25, -0.2) is 9.18 Å². The van der Waals surface area contributed by atoms with Crippen LogP contribution < -0.4 is 15.5 Å². The maximum atomic E-state index is 14.4. The van der Waals surface area contributed by atoms with Crippen molar-refractivity contribution in [1.29, 1.82) is 0 Å². The summed E-state index contributed by atoms with van der Waals surface area (Å²) in [4.78, 5) is 26.2. The first-order valence-corrected chi connectivity index (χ1v) is 9.24. The van der Waals surface area contributed by atoms with Crippen molar-refractivity contribution in [3.8, 4) is 11.3 Å². The summed E-state index contributed by atoms with van der Waals surface area (Å²) in [7, 11) is 1.86. The van der Waals surface area contributed by atoms with Crippen LogP contribution in [0.4, 0.5) is 14.9 Å². The number of hydrogen-bond donors (Lipinski definition) is 3. The number of aromatic nitrogens is 2. The quantitative estimate of drug-likeness (QED) is 0.693. The molecule has 0 spiro atoms. The Kier molecular flexibility index (Phi) is 6.15. The predicted molar refractivity (Wildman–Crippen MR) is 103 cm³/mol. The molecule has 1 aromatic heterocycles. The second-order valence-corrected chi connectivity index (χ2v) is 6.87. The summed E-state index contributed by atoms with van der Waals surface area (Å²) in [6, 6.07) is 3.61. The van der Waals surface area contributed by atoms with Gasteiger partial charge in [-0.05, 0) is 31.0 Å². The topological polar surface area (TPSA) is 99.5 Å². The van der Waals surface area contributed by atoms with Crippen LogP contribution in [0, 0.1) is 5.82 Å². The van der Waals surface area contributed by atoms with Gasteiger partial charge in [-0.1, -0.05) is 11.6 Å². The zero-order chi connectivity index (χ0) is 20.3. The van der Waals surface area contributed by atoms with E-state index in [4.69, 9.17) is 16.7 Å². The molecular formula is C18H21ClFN5O3. The third-order valence-corrected chi connectivity index (χ3v) is 4.69. The second-order valence-electron chi connectivity index (χ2n) is 6.44. The summed E-state index contributed by atoms with van der Waals surface area (Å²) in [6.45, 7) is 0.408. The van der Waals surface area contributed by atoms with Gasteiger partial charge in [0.1, 0.15) is 11.5 Å². The number of anilines is 1. The van der Waals surface area contributed by atoms with Crippen molar-refractivity contribution in [2.45, 2.75) is 12.8 Å². The summed E-state index contributed by atoms with van der Waals surface area (Å²) in [5, 5.41) is 18.4. The van der Waals surface area contributed by atoms with E-state index < -0.39 is 17.8 Å². The number of halogens is 2. The van der Waals surface area contributed by atoms with Crippen molar-refractivity contribution in [2.24, 2.45) is 0 Å². The Morgan fingerprint density at radius 1 is 1.36 bits per heavy atom. The van der Waals surface area contributed by atoms with E-state index in [1.54, 1.807) is 0 Å². The van der Waals surface area contributed by atoms with Crippen molar-refractivity contribution >= 4 is 29.2 Å². The minimum atomic E-state index is -0.584. The highest BCUT2D eigenvalue weighted by atomic mass is 35.5. The van der Waals surface area contributed by atoms with Crippen molar-refractivity contribution in [1.82, 2.24) is 20.4 Å². The zero-order valence-corrected chi connectivity index (χ0v) is 16.1. The lowest BCUT2D eigenvalue weighted by Gasteiger charge is -2.25. The van der Waals surface area contributed by atoms with Crippen molar-refractivity contribution in [3.63, 3.8) is 0 Å². The fourth-order valence-electron chi connectivity index (χ4n) is 3.18. The molecule has 3 rings (SSSR count). The fraction of sp³-hybridized carbons (Fsp3) is 0.389. The number of carbonyl (C=O) groups is 2. The molecule has 0 atom stereocenters. The smallest absolute Gasteiger partial charge is 0.342 e. The van der Waals surface area contributed by atoms with Gasteiger partial charge in [-0.3, -0.25) is 4.79 Å². The average Bonchev–Trinajstić information content (AvgIpc) is 3.07. The number of benzene rings is 1. The molecule has 3 N–H and O–H groups in total. The molecule has 8 nitrogen and oxygen atoms in total. The summed E-state index contributed by atoms with van der Waals surface area (Å²) in [5.74, 6) is -0.915. The van der Waals surface area contributed by atoms with Crippen molar-refractivity contribution < 1.29 is 19.1 Å². The highest BCUT2D eigenvalue weighted by Crippen LogP contribution is 2.38. The summed E-state index contributed by atoms with van der Waals surface area (Å²) in [5.41, 5.74) is 1.87. The number of nitrogens with one attached hydrogen (secondary N) is 2. The number of aliphatic hydroxyl groups is 1. The van der Waals surface area contributed by atoms with Crippen LogP contribution in [0.2, 0.25) is 5.02 Å². The summed E-state index contributed by atoms with van der Waals surface area (Å²) >= 11 is 6.03. The Bertz CT molecular complexity index is 902. The molecular weight excluding hydrogens is 389 g/mol. The molecule has 0 aliphatic carbocycles. The molecule has 0 unspecified atom stereocenters. The molecule has 2 heterocycles. The van der Waals surface area contributed by atoms with E-state index in [9.17, 15) is 14.0 Å². The maximum absolute atomic E-state index is 14.4. The number of fused-ring (bicyclic) bond motifs is 1. The van der Waals surface area contributed by atoms with Crippen molar-refractivity contribution in [3.05, 3.63) is 34.7 Å². The van der Waals surface area contributed by atoms with Gasteiger partial charge >= 0.3 is 6.03 Å². The molecule has 2 amide bonds. The van der Waals surface area contributed by atoms with Gasteiger partial charge in [0.25, 0.3) is 0 Å². The number of nitrogens with zero attached hydrogens (tertiary/aromatic N) is 3. The Balaban J connectivity index is 1.94. The Hall–Kier alpha value is -2.65. The fourth-order valence-corrected chi connectivity index (χ4v) is 3.35. The molecule has 28 heavy (non-hydrogen) atoms. The third kappa shape index (κ3) is 4.10. The Morgan fingerprint density at radius 2 is 2.14 bits per heavy atom. The van der Waals surface area contributed by atoms with Crippen LogP contribution in [0.1, 0.15) is 12.1 Å². The Labute approximate surface area is 166 Å². The third-order valence-electron chi connectivity index (χ3n) is 4.45. The highest BCUT2D eigenvalue weighted by Gasteiger charge is 2.29. The normalized spacial score (nSPS) is 13.2. The van der Waals surface area contributed by atoms with Gasteiger partial charge in [0.2, 0.25) is 5.91 Å². The molecule has 0 saturated carbocycles. The molecule has 2 aromatic rings. The maximum Gasteiger partial charge on any atom is 0.342 e. The molecule has 10 heteroatoms. The van der Waals surface area contributed by atoms with Crippen LogP contribution in [0.25, 0.3) is 11.3 Å². The molecule has 1 aliphatic heterocycles. The standard InChI is InChI=1S/C18H21ClFN5O3/c1-24-7-2-3-14-17(24)16(12-9-11(19)4-5-13(12)20)23-25(14)18(28)22-10-15(27)21-6-8-26/h4-5,9,26H,2-3,6-8,10H2,1H3,(H,21,27)(H,22,28). The molecule has 150 valence electrons. The van der Waals surface area contributed by atoms with Crippen LogP contribution in [-0.2, 0) is 11.2 Å². The zero-order valence-electron chi connectivity index (χ0n) is 15.3. The van der Waals surface area contributed by atoms with Gasteiger partial charge in [-0.2, -0.15) is 9.78 Å². The van der Waals surface area contributed by atoms with Gasteiger partial charge < -0.3 is 20.6 Å². The van der Waals surface area contributed by atoms with Gasteiger partial charge in [0.05, 0.1) is 24.5 Å². The van der Waals surface area contributed by atoms with Crippen molar-refractivity contribution in [2.75, 3.05) is 38.2 Å². The van der Waals surface area contributed by atoms with E-state index in [-0.39, 0.29) is 25.3 Å². The number of hydrogen-bond acceptors (Lipinski definition) is 5. The molecule has 1 aromatic carbocycles. The number of carbonyl (C=O) groups excluding carboxylic acids is 2. The first-order chi connectivity index (χ1) is 13.4. The summed E-state index contributed by atoms with van der Waals surface area (Å²) in [6.07, 6.45) is 1.41. The summed E-state index contributed by atoms with van der Waals surface area (Å²) < 4.78 is 15.6. The van der Waals surface area contributed by atoms with Gasteiger partial charge in [-0.15, -0.1) is 0 Å². The minimum absolute atomic E-state index is 0.106. The first-order valence-electron chi connectivity index (χ1n) is 8.86. The number of amides is 2. The van der Waals surface area contributed by atoms with Crippen LogP contribution in [-0.4, -0.2) is 60.1 Å². The van der Waals surface area contributed by atoms with E-state index in [2.05, 4.69) is 15.7 Å². The average molecular weight is 410 g/mol. The number of rotatable bonds is 5. The molecule has 0 bridgehead atoms. The van der Waals surface area contributed by atoms with E-state index in [0.717, 1.165) is 13.0 Å².